The molecule has 37 heavy (non-hydrogen) atoms. The smallest absolute Gasteiger partial charge is 0.278 e. The first-order valence-electron chi connectivity index (χ1n) is 11.8. The number of hydrogen-bond donors (Lipinski definition) is 1. The van der Waals surface area contributed by atoms with Gasteiger partial charge in [0.2, 0.25) is 5.88 Å². The molecule has 7 nitrogen and oxygen atoms in total. The van der Waals surface area contributed by atoms with Gasteiger partial charge in [-0.05, 0) is 50.1 Å². The van der Waals surface area contributed by atoms with Gasteiger partial charge in [-0.15, -0.1) is 0 Å². The molecule has 0 spiro atoms. The van der Waals surface area contributed by atoms with E-state index in [1.807, 2.05) is 75.4 Å². The number of benzene rings is 2. The Labute approximate surface area is 219 Å². The van der Waals surface area contributed by atoms with Crippen LogP contribution in [0.5, 0.6) is 5.88 Å². The van der Waals surface area contributed by atoms with Crippen molar-refractivity contribution in [3.05, 3.63) is 93.0 Å². The number of nitrogens with one attached hydrogen (secondary N) is 1. The van der Waals surface area contributed by atoms with Crippen LogP contribution in [0.4, 0.5) is 11.5 Å². The maximum atomic E-state index is 12.9. The highest BCUT2D eigenvalue weighted by Gasteiger charge is 2.17. The molecule has 0 fully saturated rings. The molecule has 2 aromatic carbocycles. The Bertz CT molecular complexity index is 1730. The van der Waals surface area contributed by atoms with Crippen LogP contribution in [-0.2, 0) is 7.05 Å². The predicted octanol–water partition coefficient (Wildman–Crippen LogP) is 6.39. The van der Waals surface area contributed by atoms with Gasteiger partial charge in [-0.1, -0.05) is 48.0 Å². The van der Waals surface area contributed by atoms with Gasteiger partial charge in [0.15, 0.2) is 0 Å². The van der Waals surface area contributed by atoms with Gasteiger partial charge in [-0.25, -0.2) is 14.6 Å². The Hall–Kier alpha value is -4.23. The van der Waals surface area contributed by atoms with Gasteiger partial charge in [0, 0.05) is 40.5 Å². The Morgan fingerprint density at radius 3 is 2.46 bits per heavy atom. The maximum absolute atomic E-state index is 12.9. The van der Waals surface area contributed by atoms with Crippen molar-refractivity contribution in [2.45, 2.75) is 20.8 Å². The van der Waals surface area contributed by atoms with E-state index in [4.69, 9.17) is 16.3 Å². The van der Waals surface area contributed by atoms with Crippen molar-refractivity contribution >= 4 is 33.9 Å². The number of ether oxygens (including phenoxy) is 1. The van der Waals surface area contributed by atoms with Crippen molar-refractivity contribution < 1.29 is 4.74 Å². The van der Waals surface area contributed by atoms with Crippen LogP contribution < -0.4 is 15.6 Å². The first-order valence-corrected chi connectivity index (χ1v) is 12.2. The minimum Gasteiger partial charge on any atom is -0.481 e. The van der Waals surface area contributed by atoms with Crippen molar-refractivity contribution in [3.8, 4) is 28.3 Å². The van der Waals surface area contributed by atoms with E-state index in [0.717, 1.165) is 50.3 Å². The molecule has 0 bridgehead atoms. The van der Waals surface area contributed by atoms with Crippen molar-refractivity contribution in [1.29, 1.82) is 0 Å². The molecule has 8 heteroatoms. The third-order valence-electron chi connectivity index (χ3n) is 6.45. The number of anilines is 2. The van der Waals surface area contributed by atoms with E-state index in [0.29, 0.717) is 22.1 Å². The number of aromatic nitrogens is 4. The fourth-order valence-corrected chi connectivity index (χ4v) is 4.80. The van der Waals surface area contributed by atoms with Crippen molar-refractivity contribution in [1.82, 2.24) is 19.7 Å². The summed E-state index contributed by atoms with van der Waals surface area (Å²) in [7, 11) is 3.24. The number of methoxy groups -OCH3 is 1. The van der Waals surface area contributed by atoms with Crippen LogP contribution in [0.15, 0.2) is 65.6 Å². The summed E-state index contributed by atoms with van der Waals surface area (Å²) in [5, 5.41) is 9.37. The fourth-order valence-electron chi connectivity index (χ4n) is 4.47. The molecule has 5 rings (SSSR count). The largest absolute Gasteiger partial charge is 0.481 e. The molecule has 0 aliphatic carbocycles. The first kappa shape index (κ1) is 24.5. The summed E-state index contributed by atoms with van der Waals surface area (Å²) >= 11 is 6.97. The van der Waals surface area contributed by atoms with Gasteiger partial charge in [-0.2, -0.15) is 5.10 Å². The number of rotatable bonds is 5. The van der Waals surface area contributed by atoms with Gasteiger partial charge in [0.1, 0.15) is 5.82 Å². The van der Waals surface area contributed by atoms with Crippen LogP contribution in [0.2, 0.25) is 5.02 Å². The zero-order valence-corrected chi connectivity index (χ0v) is 22.0. The molecule has 0 saturated heterocycles. The number of nitrogens with zero attached hydrogens (tertiary/aromatic N) is 4. The lowest BCUT2D eigenvalue weighted by molar-refractivity contribution is 0.395. The molecular formula is C29H26ClN5O2. The van der Waals surface area contributed by atoms with Crippen molar-refractivity contribution in [2.24, 2.45) is 7.05 Å². The molecule has 0 saturated carbocycles. The standard InChI is InChI=1S/C29H26ClN5O2/c1-16-12-13-24(34-28(16)37-5)22-10-6-9-21(26(22)30)20-8-7-11-23(18(20)3)33-27-25-19(14-17(2)32-27)15-31-35(4)29(25)36/h6-15H,1-5H3,(H,32,33). The Balaban J connectivity index is 1.61. The minimum absolute atomic E-state index is 0.210. The predicted molar refractivity (Wildman–Crippen MR) is 149 cm³/mol. The average molecular weight is 512 g/mol. The quantitative estimate of drug-likeness (QED) is 0.294. The van der Waals surface area contributed by atoms with Gasteiger partial charge in [0.25, 0.3) is 5.56 Å². The van der Waals surface area contributed by atoms with Gasteiger partial charge >= 0.3 is 0 Å². The van der Waals surface area contributed by atoms with Crippen molar-refractivity contribution in [3.63, 3.8) is 0 Å². The van der Waals surface area contributed by atoms with Crippen LogP contribution in [0.1, 0.15) is 16.8 Å². The molecule has 186 valence electrons. The number of fused-ring (bicyclic) bond motifs is 1. The molecule has 1 N–H and O–H groups in total. The summed E-state index contributed by atoms with van der Waals surface area (Å²) in [6, 6.07) is 17.6. The molecule has 0 unspecified atom stereocenters. The minimum atomic E-state index is -0.210. The number of pyridine rings is 2. The topological polar surface area (TPSA) is 81.9 Å². The molecular weight excluding hydrogens is 486 g/mol. The molecule has 3 aromatic heterocycles. The van der Waals surface area contributed by atoms with E-state index >= 15 is 0 Å². The second-order valence-electron chi connectivity index (χ2n) is 8.94. The summed E-state index contributed by atoms with van der Waals surface area (Å²) in [6.07, 6.45) is 1.68. The SMILES string of the molecule is COc1nc(-c2cccc(-c3cccc(Nc4nc(C)cc5cnn(C)c(=O)c45)c3C)c2Cl)ccc1C. The highest BCUT2D eigenvalue weighted by atomic mass is 35.5. The van der Waals surface area contributed by atoms with Gasteiger partial charge < -0.3 is 10.1 Å². The van der Waals surface area contributed by atoms with Crippen LogP contribution in [0.25, 0.3) is 33.2 Å². The third kappa shape index (κ3) is 4.42. The van der Waals surface area contributed by atoms with Gasteiger partial charge in [-0.3, -0.25) is 4.79 Å². The van der Waals surface area contributed by atoms with E-state index in [1.54, 1.807) is 20.4 Å². The fraction of sp³-hybridized carbons (Fsp3) is 0.172. The second-order valence-corrected chi connectivity index (χ2v) is 9.32. The Morgan fingerprint density at radius 2 is 1.68 bits per heavy atom. The molecule has 0 aliphatic rings. The number of aryl methyl sites for hydroxylation is 3. The van der Waals surface area contributed by atoms with Gasteiger partial charge in [0.05, 0.1) is 29.4 Å². The third-order valence-corrected chi connectivity index (χ3v) is 6.86. The van der Waals surface area contributed by atoms with E-state index in [1.165, 1.54) is 4.68 Å². The lowest BCUT2D eigenvalue weighted by atomic mass is 9.96. The Kier molecular flexibility index (Phi) is 6.39. The van der Waals surface area contributed by atoms with Crippen molar-refractivity contribution in [2.75, 3.05) is 12.4 Å². The summed E-state index contributed by atoms with van der Waals surface area (Å²) in [4.78, 5) is 22.2. The number of hydrogen-bond acceptors (Lipinski definition) is 6. The van der Waals surface area contributed by atoms with Crippen LogP contribution in [-0.4, -0.2) is 26.9 Å². The summed E-state index contributed by atoms with van der Waals surface area (Å²) in [5.41, 5.74) is 6.72. The zero-order valence-electron chi connectivity index (χ0n) is 21.3. The van der Waals surface area contributed by atoms with E-state index in [9.17, 15) is 4.79 Å². The molecule has 5 aromatic rings. The van der Waals surface area contributed by atoms with Crippen LogP contribution >= 0.6 is 11.6 Å². The summed E-state index contributed by atoms with van der Waals surface area (Å²) < 4.78 is 6.72. The maximum Gasteiger partial charge on any atom is 0.278 e. The normalized spacial score (nSPS) is 11.1. The number of halogens is 1. The highest BCUT2D eigenvalue weighted by molar-refractivity contribution is 6.36. The monoisotopic (exact) mass is 511 g/mol. The summed E-state index contributed by atoms with van der Waals surface area (Å²) in [5.74, 6) is 1.06. The van der Waals surface area contributed by atoms with Crippen LogP contribution in [0, 0.1) is 20.8 Å². The molecule has 0 radical (unpaired) electrons. The second kappa shape index (κ2) is 9.67. The van der Waals surface area contributed by atoms with Crippen LogP contribution in [0.3, 0.4) is 0 Å². The van der Waals surface area contributed by atoms with E-state index < -0.39 is 0 Å². The Morgan fingerprint density at radius 1 is 0.946 bits per heavy atom. The molecule has 3 heterocycles. The first-order chi connectivity index (χ1) is 17.8. The lowest BCUT2D eigenvalue weighted by Crippen LogP contribution is -2.20. The molecule has 0 atom stereocenters. The molecule has 0 amide bonds. The highest BCUT2D eigenvalue weighted by Crippen LogP contribution is 2.39. The zero-order chi connectivity index (χ0) is 26.3. The average Bonchev–Trinajstić information content (AvgIpc) is 2.88. The lowest BCUT2D eigenvalue weighted by Gasteiger charge is -2.17. The van der Waals surface area contributed by atoms with E-state index in [2.05, 4.69) is 20.4 Å². The summed E-state index contributed by atoms with van der Waals surface area (Å²) in [6.45, 7) is 5.87. The molecule has 0 aliphatic heterocycles. The van der Waals surface area contributed by atoms with E-state index in [-0.39, 0.29) is 5.56 Å².